The van der Waals surface area contributed by atoms with Crippen molar-refractivity contribution < 1.29 is 0 Å². The second kappa shape index (κ2) is 4.90. The number of nitrogens with one attached hydrogen (secondary N) is 1. The van der Waals surface area contributed by atoms with Gasteiger partial charge in [0, 0.05) is 10.7 Å². The molecule has 0 radical (unpaired) electrons. The largest absolute Gasteiger partial charge is 0.329 e. The van der Waals surface area contributed by atoms with Gasteiger partial charge >= 0.3 is 0 Å². The maximum Gasteiger partial charge on any atom is 0.179 e. The Morgan fingerprint density at radius 3 is 2.79 bits per heavy atom. The van der Waals surface area contributed by atoms with E-state index in [0.29, 0.717) is 4.77 Å². The van der Waals surface area contributed by atoms with Crippen molar-refractivity contribution in [1.82, 2.24) is 14.5 Å². The summed E-state index contributed by atoms with van der Waals surface area (Å²) in [7, 11) is 0. The van der Waals surface area contributed by atoms with Crippen LogP contribution in [-0.4, -0.2) is 14.5 Å². The highest BCUT2D eigenvalue weighted by Crippen LogP contribution is 2.24. The van der Waals surface area contributed by atoms with E-state index in [-0.39, 0.29) is 6.04 Å². The molecular weight excluding hydrogens is 322 g/mol. The third kappa shape index (κ3) is 2.24. The molecule has 3 aromatic rings. The van der Waals surface area contributed by atoms with Crippen LogP contribution in [0.3, 0.4) is 0 Å². The number of rotatable bonds is 2. The molecule has 2 heterocycles. The van der Waals surface area contributed by atoms with Crippen molar-refractivity contribution in [2.45, 2.75) is 13.0 Å². The van der Waals surface area contributed by atoms with Crippen LogP contribution in [0.4, 0.5) is 0 Å². The maximum atomic E-state index is 5.42. The van der Waals surface area contributed by atoms with Gasteiger partial charge in [-0.25, -0.2) is 4.98 Å². The minimum atomic E-state index is 0.149. The number of hydrogen-bond donors (Lipinski definition) is 1. The van der Waals surface area contributed by atoms with Crippen molar-refractivity contribution in [2.75, 3.05) is 0 Å². The lowest BCUT2D eigenvalue weighted by Gasteiger charge is -2.14. The van der Waals surface area contributed by atoms with E-state index in [1.165, 1.54) is 5.56 Å². The molecule has 0 aliphatic rings. The van der Waals surface area contributed by atoms with Crippen LogP contribution in [0.15, 0.2) is 47.1 Å². The lowest BCUT2D eigenvalue weighted by molar-refractivity contribution is 0.644. The van der Waals surface area contributed by atoms with Gasteiger partial charge < -0.3 is 4.98 Å². The maximum absolute atomic E-state index is 5.42. The summed E-state index contributed by atoms with van der Waals surface area (Å²) < 4.78 is 3.68. The first-order valence-electron chi connectivity index (χ1n) is 5.97. The summed E-state index contributed by atoms with van der Waals surface area (Å²) >= 11 is 8.85. The second-order valence-corrected chi connectivity index (χ2v) is 5.71. The highest BCUT2D eigenvalue weighted by atomic mass is 79.9. The molecule has 3 nitrogen and oxygen atoms in total. The number of benzene rings is 1. The third-order valence-corrected chi connectivity index (χ3v) is 3.92. The average Bonchev–Trinajstić information content (AvgIpc) is 2.74. The Balaban J connectivity index is 2.20. The monoisotopic (exact) mass is 333 g/mol. The van der Waals surface area contributed by atoms with Gasteiger partial charge in [-0.3, -0.25) is 4.57 Å². The summed E-state index contributed by atoms with van der Waals surface area (Å²) in [5.41, 5.74) is 3.04. The average molecular weight is 334 g/mol. The van der Waals surface area contributed by atoms with E-state index in [1.54, 1.807) is 6.20 Å². The number of pyridine rings is 1. The Morgan fingerprint density at radius 1 is 1.32 bits per heavy atom. The Morgan fingerprint density at radius 2 is 2.05 bits per heavy atom. The van der Waals surface area contributed by atoms with E-state index in [0.717, 1.165) is 15.6 Å². The Labute approximate surface area is 124 Å². The first-order valence-corrected chi connectivity index (χ1v) is 7.17. The van der Waals surface area contributed by atoms with E-state index in [1.807, 2.05) is 28.8 Å². The van der Waals surface area contributed by atoms with Crippen LogP contribution in [-0.2, 0) is 0 Å². The lowest BCUT2D eigenvalue weighted by atomic mass is 10.1. The minimum absolute atomic E-state index is 0.149. The normalized spacial score (nSPS) is 12.7. The van der Waals surface area contributed by atoms with Crippen molar-refractivity contribution in [3.05, 3.63) is 57.4 Å². The first-order chi connectivity index (χ1) is 9.16. The fraction of sp³-hybridized carbons (Fsp3) is 0.143. The van der Waals surface area contributed by atoms with E-state index in [2.05, 4.69) is 45.0 Å². The fourth-order valence-electron chi connectivity index (χ4n) is 2.23. The molecular formula is C14H12BrN3S. The van der Waals surface area contributed by atoms with E-state index >= 15 is 0 Å². The van der Waals surface area contributed by atoms with Gasteiger partial charge in [0.15, 0.2) is 10.4 Å². The summed E-state index contributed by atoms with van der Waals surface area (Å²) in [4.78, 5) is 7.67. The molecule has 0 spiro atoms. The lowest BCUT2D eigenvalue weighted by Crippen LogP contribution is -2.07. The van der Waals surface area contributed by atoms with E-state index in [4.69, 9.17) is 12.2 Å². The number of aromatic nitrogens is 3. The van der Waals surface area contributed by atoms with Crippen LogP contribution in [0.25, 0.3) is 11.2 Å². The molecule has 1 N–H and O–H groups in total. The predicted octanol–water partition coefficient (Wildman–Crippen LogP) is 4.47. The number of H-pyrrole nitrogens is 1. The quantitative estimate of drug-likeness (QED) is 0.702. The smallest absolute Gasteiger partial charge is 0.179 e. The van der Waals surface area contributed by atoms with E-state index in [9.17, 15) is 0 Å². The summed E-state index contributed by atoms with van der Waals surface area (Å²) in [5, 5.41) is 0. The minimum Gasteiger partial charge on any atom is -0.329 e. The highest BCUT2D eigenvalue weighted by Gasteiger charge is 2.13. The molecule has 1 aromatic carbocycles. The van der Waals surface area contributed by atoms with Crippen molar-refractivity contribution in [2.24, 2.45) is 0 Å². The van der Waals surface area contributed by atoms with Gasteiger partial charge in [0.25, 0.3) is 0 Å². The topological polar surface area (TPSA) is 33.6 Å². The number of aromatic amines is 1. The molecule has 96 valence electrons. The molecule has 0 aliphatic carbocycles. The molecule has 5 heteroatoms. The van der Waals surface area contributed by atoms with Gasteiger partial charge in [0.05, 0.1) is 11.6 Å². The van der Waals surface area contributed by atoms with Gasteiger partial charge in [-0.2, -0.15) is 0 Å². The molecule has 0 bridgehead atoms. The molecule has 0 fully saturated rings. The van der Waals surface area contributed by atoms with Gasteiger partial charge in [0.1, 0.15) is 0 Å². The molecule has 0 amide bonds. The SMILES string of the molecule is CC(c1ccccc1)n1c(=S)[nH]c2cc(Br)cnc21. The summed E-state index contributed by atoms with van der Waals surface area (Å²) in [5.74, 6) is 0. The number of hydrogen-bond acceptors (Lipinski definition) is 2. The molecule has 1 atom stereocenters. The number of imidazole rings is 1. The highest BCUT2D eigenvalue weighted by molar-refractivity contribution is 9.10. The number of halogens is 1. The molecule has 2 aromatic heterocycles. The van der Waals surface area contributed by atoms with Crippen LogP contribution >= 0.6 is 28.1 Å². The molecule has 1 unspecified atom stereocenters. The van der Waals surface area contributed by atoms with Crippen molar-refractivity contribution in [1.29, 1.82) is 0 Å². The standard InChI is InChI=1S/C14H12BrN3S/c1-9(10-5-3-2-4-6-10)18-13-12(17-14(18)19)7-11(15)8-16-13/h2-9H,1H3,(H,17,19). The van der Waals surface area contributed by atoms with Crippen molar-refractivity contribution in [3.8, 4) is 0 Å². The van der Waals surface area contributed by atoms with Crippen LogP contribution < -0.4 is 0 Å². The van der Waals surface area contributed by atoms with Crippen LogP contribution in [0, 0.1) is 4.77 Å². The molecule has 0 saturated heterocycles. The number of nitrogens with zero attached hydrogens (tertiary/aromatic N) is 2. The summed E-state index contributed by atoms with van der Waals surface area (Å²) in [6.45, 7) is 2.13. The number of fused-ring (bicyclic) bond motifs is 1. The Bertz CT molecular complexity index is 776. The van der Waals surface area contributed by atoms with Gasteiger partial charge in [-0.15, -0.1) is 0 Å². The van der Waals surface area contributed by atoms with Gasteiger partial charge in [-0.1, -0.05) is 30.3 Å². The molecule has 3 rings (SSSR count). The van der Waals surface area contributed by atoms with E-state index < -0.39 is 0 Å². The molecule has 0 saturated carbocycles. The zero-order chi connectivity index (χ0) is 13.4. The van der Waals surface area contributed by atoms with Crippen molar-refractivity contribution in [3.63, 3.8) is 0 Å². The predicted molar refractivity (Wildman–Crippen MR) is 82.9 cm³/mol. The van der Waals surface area contributed by atoms with Crippen molar-refractivity contribution >= 4 is 39.3 Å². The van der Waals surface area contributed by atoms with Crippen LogP contribution in [0.5, 0.6) is 0 Å². The second-order valence-electron chi connectivity index (χ2n) is 4.41. The zero-order valence-electron chi connectivity index (χ0n) is 10.3. The first kappa shape index (κ1) is 12.6. The third-order valence-electron chi connectivity index (χ3n) is 3.19. The summed E-state index contributed by atoms with van der Waals surface area (Å²) in [6, 6.07) is 12.4. The Hall–Kier alpha value is -1.46. The fourth-order valence-corrected chi connectivity index (χ4v) is 2.91. The summed E-state index contributed by atoms with van der Waals surface area (Å²) in [6.07, 6.45) is 1.79. The Kier molecular flexibility index (Phi) is 3.24. The van der Waals surface area contributed by atoms with Gasteiger partial charge in [0.2, 0.25) is 0 Å². The molecule has 19 heavy (non-hydrogen) atoms. The zero-order valence-corrected chi connectivity index (χ0v) is 12.7. The van der Waals surface area contributed by atoms with Crippen LogP contribution in [0.1, 0.15) is 18.5 Å². The van der Waals surface area contributed by atoms with Gasteiger partial charge in [-0.05, 0) is 46.7 Å². The molecule has 0 aliphatic heterocycles. The van der Waals surface area contributed by atoms with Crippen LogP contribution in [0.2, 0.25) is 0 Å².